The molecule has 0 saturated carbocycles. The van der Waals surface area contributed by atoms with Crippen LogP contribution in [0.2, 0.25) is 0 Å². The molecule has 8 heteroatoms. The molecule has 0 saturated heterocycles. The highest BCUT2D eigenvalue weighted by Gasteiger charge is 2.15. The van der Waals surface area contributed by atoms with E-state index in [0.717, 1.165) is 17.6 Å². The normalized spacial score (nSPS) is 11.3. The van der Waals surface area contributed by atoms with Crippen LogP contribution < -0.4 is 11.1 Å². The highest BCUT2D eigenvalue weighted by Crippen LogP contribution is 2.10. The molecule has 3 N–H and O–H groups in total. The van der Waals surface area contributed by atoms with Crippen molar-refractivity contribution in [2.45, 2.75) is 19.4 Å². The third-order valence-corrected chi connectivity index (χ3v) is 2.40. The predicted molar refractivity (Wildman–Crippen MR) is 68.1 cm³/mol. The summed E-state index contributed by atoms with van der Waals surface area (Å²) in [7, 11) is 3.87. The molecule has 19 heavy (non-hydrogen) atoms. The summed E-state index contributed by atoms with van der Waals surface area (Å²) in [4.78, 5) is 13.7. The molecule has 0 radical (unpaired) electrons. The number of hydrogen-bond donors (Lipinski definition) is 2. The summed E-state index contributed by atoms with van der Waals surface area (Å²) < 4.78 is 25.3. The van der Waals surface area contributed by atoms with Crippen LogP contribution in [0.4, 0.5) is 14.5 Å². The maximum Gasteiger partial charge on any atom is 0.273 e. The minimum absolute atomic E-state index is 0.00879. The average Bonchev–Trinajstić information content (AvgIpc) is 2.64. The van der Waals surface area contributed by atoms with Crippen LogP contribution in [0.5, 0.6) is 0 Å². The molecule has 6 nitrogen and oxygen atoms in total. The van der Waals surface area contributed by atoms with Crippen LogP contribution in [0.15, 0.2) is 6.20 Å². The molecule has 0 aliphatic heterocycles. The number of nitrogen functional groups attached to an aromatic ring is 1. The van der Waals surface area contributed by atoms with Crippen LogP contribution in [0.25, 0.3) is 0 Å². The first kappa shape index (κ1) is 15.4. The quantitative estimate of drug-likeness (QED) is 0.707. The lowest BCUT2D eigenvalue weighted by molar-refractivity contribution is 0.0942. The molecule has 0 aromatic carbocycles. The minimum atomic E-state index is -2.53. The van der Waals surface area contributed by atoms with Crippen molar-refractivity contribution in [3.05, 3.63) is 11.9 Å². The van der Waals surface area contributed by atoms with Crippen molar-refractivity contribution in [1.82, 2.24) is 20.0 Å². The maximum absolute atomic E-state index is 12.2. The Morgan fingerprint density at radius 1 is 1.58 bits per heavy atom. The fraction of sp³-hybridized carbons (Fsp3) is 0.636. The molecule has 1 rings (SSSR count). The summed E-state index contributed by atoms with van der Waals surface area (Å²) >= 11 is 0. The fourth-order valence-electron chi connectivity index (χ4n) is 1.53. The number of nitrogens with zero attached hydrogens (tertiary/aromatic N) is 3. The van der Waals surface area contributed by atoms with Crippen molar-refractivity contribution >= 4 is 11.6 Å². The average molecular weight is 275 g/mol. The van der Waals surface area contributed by atoms with Gasteiger partial charge in [0, 0.05) is 12.7 Å². The molecule has 0 fully saturated rings. The van der Waals surface area contributed by atoms with Crippen molar-refractivity contribution < 1.29 is 13.6 Å². The van der Waals surface area contributed by atoms with Crippen molar-refractivity contribution in [3.63, 3.8) is 0 Å². The zero-order chi connectivity index (χ0) is 14.4. The van der Waals surface area contributed by atoms with E-state index in [9.17, 15) is 13.6 Å². The van der Waals surface area contributed by atoms with Crippen molar-refractivity contribution in [2.75, 3.05) is 32.9 Å². The van der Waals surface area contributed by atoms with Crippen molar-refractivity contribution in [2.24, 2.45) is 0 Å². The first-order chi connectivity index (χ1) is 8.90. The predicted octanol–water partition coefficient (Wildman–Crippen LogP) is 0.412. The molecular weight excluding hydrogens is 256 g/mol. The van der Waals surface area contributed by atoms with Gasteiger partial charge in [0.05, 0.1) is 5.69 Å². The SMILES string of the molecule is CN(C)CCCNC(=O)c1nn(CC(F)F)cc1N. The Morgan fingerprint density at radius 2 is 2.26 bits per heavy atom. The number of nitrogens with two attached hydrogens (primary N) is 1. The number of carbonyl (C=O) groups is 1. The molecule has 1 aromatic heterocycles. The second-order valence-corrected chi connectivity index (χ2v) is 4.46. The van der Waals surface area contributed by atoms with Crippen LogP contribution in [0, 0.1) is 0 Å². The molecule has 0 aliphatic rings. The number of halogens is 2. The van der Waals surface area contributed by atoms with E-state index in [0.29, 0.717) is 6.54 Å². The van der Waals surface area contributed by atoms with Gasteiger partial charge in [0.25, 0.3) is 12.3 Å². The molecule has 0 atom stereocenters. The minimum Gasteiger partial charge on any atom is -0.396 e. The van der Waals surface area contributed by atoms with Gasteiger partial charge in [-0.05, 0) is 27.1 Å². The lowest BCUT2D eigenvalue weighted by Crippen LogP contribution is -2.28. The standard InChI is InChI=1S/C11H19F2N5O/c1-17(2)5-3-4-15-11(19)10-8(14)6-18(16-10)7-9(12)13/h6,9H,3-5,7,14H2,1-2H3,(H,15,19). The third kappa shape index (κ3) is 5.21. The Labute approximate surface area is 110 Å². The van der Waals surface area contributed by atoms with E-state index in [4.69, 9.17) is 5.73 Å². The van der Waals surface area contributed by atoms with Gasteiger partial charge in [0.2, 0.25) is 0 Å². The van der Waals surface area contributed by atoms with E-state index < -0.39 is 18.9 Å². The summed E-state index contributed by atoms with van der Waals surface area (Å²) in [6.45, 7) is 0.756. The number of hydrogen-bond acceptors (Lipinski definition) is 4. The van der Waals surface area contributed by atoms with Crippen LogP contribution in [0.3, 0.4) is 0 Å². The first-order valence-corrected chi connectivity index (χ1v) is 5.94. The van der Waals surface area contributed by atoms with Gasteiger partial charge in [0.1, 0.15) is 6.54 Å². The molecule has 0 aliphatic carbocycles. The summed E-state index contributed by atoms with van der Waals surface area (Å²) in [5, 5.41) is 6.41. The van der Waals surface area contributed by atoms with E-state index in [2.05, 4.69) is 10.4 Å². The summed E-state index contributed by atoms with van der Waals surface area (Å²) in [6.07, 6.45) is -0.507. The second-order valence-electron chi connectivity index (χ2n) is 4.46. The topological polar surface area (TPSA) is 76.2 Å². The molecule has 0 unspecified atom stereocenters. The van der Waals surface area contributed by atoms with Gasteiger partial charge in [-0.2, -0.15) is 5.10 Å². The Hall–Kier alpha value is -1.70. The van der Waals surface area contributed by atoms with Gasteiger partial charge in [0.15, 0.2) is 5.69 Å². The number of aromatic nitrogens is 2. The van der Waals surface area contributed by atoms with Crippen LogP contribution in [-0.4, -0.2) is 54.2 Å². The molecule has 1 heterocycles. The zero-order valence-corrected chi connectivity index (χ0v) is 11.1. The summed E-state index contributed by atoms with van der Waals surface area (Å²) in [6, 6.07) is 0. The summed E-state index contributed by atoms with van der Waals surface area (Å²) in [5.74, 6) is -0.440. The smallest absolute Gasteiger partial charge is 0.273 e. The molecule has 0 bridgehead atoms. The van der Waals surface area contributed by atoms with E-state index in [1.165, 1.54) is 6.20 Å². The molecule has 108 valence electrons. The highest BCUT2D eigenvalue weighted by molar-refractivity contribution is 5.96. The number of alkyl halides is 2. The van der Waals surface area contributed by atoms with Gasteiger partial charge in [-0.15, -0.1) is 0 Å². The van der Waals surface area contributed by atoms with Gasteiger partial charge < -0.3 is 16.0 Å². The molecular formula is C11H19F2N5O. The molecule has 1 aromatic rings. The van der Waals surface area contributed by atoms with Crippen molar-refractivity contribution in [1.29, 1.82) is 0 Å². The second kappa shape index (κ2) is 7.03. The van der Waals surface area contributed by atoms with Gasteiger partial charge >= 0.3 is 0 Å². The largest absolute Gasteiger partial charge is 0.396 e. The number of nitrogens with one attached hydrogen (secondary N) is 1. The lowest BCUT2D eigenvalue weighted by Gasteiger charge is -2.09. The van der Waals surface area contributed by atoms with Gasteiger partial charge in [-0.1, -0.05) is 0 Å². The Morgan fingerprint density at radius 3 is 2.84 bits per heavy atom. The first-order valence-electron chi connectivity index (χ1n) is 5.94. The van der Waals surface area contributed by atoms with Crippen LogP contribution in [-0.2, 0) is 6.54 Å². The number of amides is 1. The van der Waals surface area contributed by atoms with Gasteiger partial charge in [-0.3, -0.25) is 9.48 Å². The van der Waals surface area contributed by atoms with Crippen molar-refractivity contribution in [3.8, 4) is 0 Å². The van der Waals surface area contributed by atoms with Gasteiger partial charge in [-0.25, -0.2) is 8.78 Å². The Balaban J connectivity index is 2.50. The Kier molecular flexibility index (Phi) is 5.68. The fourth-order valence-corrected chi connectivity index (χ4v) is 1.53. The van der Waals surface area contributed by atoms with E-state index >= 15 is 0 Å². The third-order valence-electron chi connectivity index (χ3n) is 2.40. The van der Waals surface area contributed by atoms with Crippen LogP contribution in [0.1, 0.15) is 16.9 Å². The highest BCUT2D eigenvalue weighted by atomic mass is 19.3. The van der Waals surface area contributed by atoms with E-state index in [1.807, 2.05) is 19.0 Å². The molecule has 1 amide bonds. The van der Waals surface area contributed by atoms with Crippen LogP contribution >= 0.6 is 0 Å². The maximum atomic E-state index is 12.2. The summed E-state index contributed by atoms with van der Waals surface area (Å²) in [5.41, 5.74) is 5.67. The zero-order valence-electron chi connectivity index (χ0n) is 11.1. The molecule has 0 spiro atoms. The number of rotatable bonds is 7. The van der Waals surface area contributed by atoms with E-state index in [1.54, 1.807) is 0 Å². The lowest BCUT2D eigenvalue weighted by atomic mass is 10.3. The number of carbonyl (C=O) groups excluding carboxylic acids is 1. The monoisotopic (exact) mass is 275 g/mol. The Bertz CT molecular complexity index is 419. The number of anilines is 1. The van der Waals surface area contributed by atoms with E-state index in [-0.39, 0.29) is 11.4 Å².